The summed E-state index contributed by atoms with van der Waals surface area (Å²) in [5, 5.41) is 5.05. The van der Waals surface area contributed by atoms with Crippen LogP contribution in [0.1, 0.15) is 32.1 Å². The van der Waals surface area contributed by atoms with Crippen molar-refractivity contribution in [3.05, 3.63) is 30.3 Å². The predicted octanol–water partition coefficient (Wildman–Crippen LogP) is 2.92. The van der Waals surface area contributed by atoms with Crippen LogP contribution in [0.15, 0.2) is 30.3 Å². The second kappa shape index (κ2) is 6.19. The summed E-state index contributed by atoms with van der Waals surface area (Å²) in [5.74, 6) is -0.150. The third kappa shape index (κ3) is 3.58. The van der Waals surface area contributed by atoms with Gasteiger partial charge < -0.3 is 5.32 Å². The lowest BCUT2D eigenvalue weighted by Crippen LogP contribution is -2.39. The Morgan fingerprint density at radius 3 is 2.33 bits per heavy atom. The van der Waals surface area contributed by atoms with E-state index in [9.17, 15) is 9.59 Å². The van der Waals surface area contributed by atoms with E-state index in [1.54, 1.807) is 12.1 Å². The first-order valence-electron chi connectivity index (χ1n) is 6.42. The molecule has 1 saturated carbocycles. The molecule has 3 amide bonds. The number of urea groups is 1. The first-order valence-corrected chi connectivity index (χ1v) is 6.42. The Bertz CT molecular complexity index is 411. The van der Waals surface area contributed by atoms with Gasteiger partial charge in [-0.3, -0.25) is 10.1 Å². The first kappa shape index (κ1) is 12.6. The van der Waals surface area contributed by atoms with Crippen LogP contribution in [-0.2, 0) is 4.79 Å². The van der Waals surface area contributed by atoms with E-state index in [0.717, 1.165) is 25.7 Å². The number of benzene rings is 1. The zero-order valence-corrected chi connectivity index (χ0v) is 10.3. The van der Waals surface area contributed by atoms with Crippen molar-refractivity contribution in [2.45, 2.75) is 32.1 Å². The number of amides is 3. The van der Waals surface area contributed by atoms with Crippen molar-refractivity contribution >= 4 is 17.6 Å². The van der Waals surface area contributed by atoms with Gasteiger partial charge in [-0.1, -0.05) is 37.5 Å². The zero-order chi connectivity index (χ0) is 12.8. The topological polar surface area (TPSA) is 58.2 Å². The van der Waals surface area contributed by atoms with Gasteiger partial charge in [-0.25, -0.2) is 4.79 Å². The van der Waals surface area contributed by atoms with Crippen molar-refractivity contribution in [1.82, 2.24) is 5.32 Å². The van der Waals surface area contributed by atoms with Crippen LogP contribution in [0.2, 0.25) is 0 Å². The molecule has 2 rings (SSSR count). The average molecular weight is 246 g/mol. The quantitative estimate of drug-likeness (QED) is 0.843. The number of imide groups is 1. The Balaban J connectivity index is 1.82. The molecule has 0 unspecified atom stereocenters. The molecule has 4 heteroatoms. The van der Waals surface area contributed by atoms with Gasteiger partial charge in [-0.2, -0.15) is 0 Å². The molecule has 1 fully saturated rings. The van der Waals surface area contributed by atoms with E-state index in [0.29, 0.717) is 5.69 Å². The van der Waals surface area contributed by atoms with Crippen LogP contribution in [0.5, 0.6) is 0 Å². The lowest BCUT2D eigenvalue weighted by Gasteiger charge is -2.20. The molecule has 1 aromatic carbocycles. The fraction of sp³-hybridized carbons (Fsp3) is 0.429. The van der Waals surface area contributed by atoms with E-state index in [1.165, 1.54) is 6.42 Å². The highest BCUT2D eigenvalue weighted by Crippen LogP contribution is 2.23. The van der Waals surface area contributed by atoms with Crippen molar-refractivity contribution in [1.29, 1.82) is 0 Å². The highest BCUT2D eigenvalue weighted by molar-refractivity contribution is 6.01. The van der Waals surface area contributed by atoms with Gasteiger partial charge in [0.1, 0.15) is 0 Å². The fourth-order valence-electron chi connectivity index (χ4n) is 2.26. The minimum absolute atomic E-state index is 0.000253. The Hall–Kier alpha value is -1.84. The number of rotatable bonds is 2. The molecule has 0 radical (unpaired) electrons. The zero-order valence-electron chi connectivity index (χ0n) is 10.3. The standard InChI is InChI=1S/C14H18N2O2/c17-13(11-7-3-1-4-8-11)16-14(18)15-12-9-5-2-6-10-12/h2,5-6,9-11H,1,3-4,7-8H2,(H2,15,16,17,18). The second-order valence-electron chi connectivity index (χ2n) is 4.64. The summed E-state index contributed by atoms with van der Waals surface area (Å²) < 4.78 is 0. The molecule has 0 saturated heterocycles. The van der Waals surface area contributed by atoms with Crippen LogP contribution in [0.3, 0.4) is 0 Å². The highest BCUT2D eigenvalue weighted by atomic mass is 16.2. The molecular formula is C14H18N2O2. The van der Waals surface area contributed by atoms with Crippen molar-refractivity contribution in [2.75, 3.05) is 5.32 Å². The lowest BCUT2D eigenvalue weighted by atomic mass is 9.89. The van der Waals surface area contributed by atoms with Crippen LogP contribution in [0.25, 0.3) is 0 Å². The summed E-state index contributed by atoms with van der Waals surface area (Å²) in [6, 6.07) is 8.65. The molecule has 2 N–H and O–H groups in total. The average Bonchev–Trinajstić information content (AvgIpc) is 2.40. The Morgan fingerprint density at radius 2 is 1.67 bits per heavy atom. The van der Waals surface area contributed by atoms with Gasteiger partial charge in [0.2, 0.25) is 5.91 Å². The number of nitrogens with one attached hydrogen (secondary N) is 2. The molecule has 1 aromatic rings. The number of hydrogen-bond donors (Lipinski definition) is 2. The Morgan fingerprint density at radius 1 is 1.00 bits per heavy atom. The molecule has 4 nitrogen and oxygen atoms in total. The third-order valence-electron chi connectivity index (χ3n) is 3.24. The van der Waals surface area contributed by atoms with Gasteiger partial charge in [-0.15, -0.1) is 0 Å². The SMILES string of the molecule is O=C(NC(=O)C1CCCCC1)Nc1ccccc1. The lowest BCUT2D eigenvalue weighted by molar-refractivity contribution is -0.124. The maximum absolute atomic E-state index is 11.8. The van der Waals surface area contributed by atoms with Gasteiger partial charge in [-0.05, 0) is 25.0 Å². The van der Waals surface area contributed by atoms with Gasteiger partial charge in [0.05, 0.1) is 0 Å². The van der Waals surface area contributed by atoms with E-state index < -0.39 is 6.03 Å². The summed E-state index contributed by atoms with van der Waals surface area (Å²) in [6.45, 7) is 0. The van der Waals surface area contributed by atoms with Gasteiger partial charge in [0.15, 0.2) is 0 Å². The summed E-state index contributed by atoms with van der Waals surface area (Å²) in [6.07, 6.45) is 5.14. The molecule has 0 spiro atoms. The molecule has 1 aliphatic rings. The Labute approximate surface area is 107 Å². The molecule has 0 bridgehead atoms. The molecule has 0 aliphatic heterocycles. The summed E-state index contributed by atoms with van der Waals surface area (Å²) >= 11 is 0. The molecular weight excluding hydrogens is 228 g/mol. The smallest absolute Gasteiger partial charge is 0.308 e. The van der Waals surface area contributed by atoms with Crippen molar-refractivity contribution in [3.63, 3.8) is 0 Å². The van der Waals surface area contributed by atoms with Crippen LogP contribution in [-0.4, -0.2) is 11.9 Å². The minimum Gasteiger partial charge on any atom is -0.308 e. The summed E-state index contributed by atoms with van der Waals surface area (Å²) in [7, 11) is 0. The maximum atomic E-state index is 11.8. The van der Waals surface area contributed by atoms with Crippen molar-refractivity contribution in [2.24, 2.45) is 5.92 Å². The van der Waals surface area contributed by atoms with Crippen LogP contribution in [0, 0.1) is 5.92 Å². The van der Waals surface area contributed by atoms with Crippen LogP contribution >= 0.6 is 0 Å². The maximum Gasteiger partial charge on any atom is 0.325 e. The molecule has 0 atom stereocenters. The fourth-order valence-corrected chi connectivity index (χ4v) is 2.26. The first-order chi connectivity index (χ1) is 8.75. The number of carbonyl (C=O) groups is 2. The van der Waals surface area contributed by atoms with E-state index in [1.807, 2.05) is 18.2 Å². The predicted molar refractivity (Wildman–Crippen MR) is 70.2 cm³/mol. The monoisotopic (exact) mass is 246 g/mol. The van der Waals surface area contributed by atoms with E-state index in [4.69, 9.17) is 0 Å². The van der Waals surface area contributed by atoms with Crippen molar-refractivity contribution in [3.8, 4) is 0 Å². The van der Waals surface area contributed by atoms with Gasteiger partial charge >= 0.3 is 6.03 Å². The van der Waals surface area contributed by atoms with E-state index >= 15 is 0 Å². The highest BCUT2D eigenvalue weighted by Gasteiger charge is 2.22. The van der Waals surface area contributed by atoms with E-state index in [2.05, 4.69) is 10.6 Å². The number of anilines is 1. The van der Waals surface area contributed by atoms with Crippen molar-refractivity contribution < 1.29 is 9.59 Å². The molecule has 18 heavy (non-hydrogen) atoms. The van der Waals surface area contributed by atoms with Crippen LogP contribution < -0.4 is 10.6 Å². The minimum atomic E-state index is -0.447. The molecule has 0 aromatic heterocycles. The second-order valence-corrected chi connectivity index (χ2v) is 4.64. The summed E-state index contributed by atoms with van der Waals surface area (Å²) in [4.78, 5) is 23.4. The normalized spacial score (nSPS) is 16.0. The molecule has 0 heterocycles. The van der Waals surface area contributed by atoms with Crippen LogP contribution in [0.4, 0.5) is 10.5 Å². The largest absolute Gasteiger partial charge is 0.325 e. The number of hydrogen-bond acceptors (Lipinski definition) is 2. The Kier molecular flexibility index (Phi) is 4.34. The van der Waals surface area contributed by atoms with Gasteiger partial charge in [0, 0.05) is 11.6 Å². The van der Waals surface area contributed by atoms with Gasteiger partial charge in [0.25, 0.3) is 0 Å². The number of carbonyl (C=O) groups excluding carboxylic acids is 2. The number of para-hydroxylation sites is 1. The molecule has 96 valence electrons. The summed E-state index contributed by atoms with van der Waals surface area (Å²) in [5.41, 5.74) is 0.687. The molecule has 1 aliphatic carbocycles. The third-order valence-corrected chi connectivity index (χ3v) is 3.24. The van der Waals surface area contributed by atoms with E-state index in [-0.39, 0.29) is 11.8 Å².